The number of aromatic nitrogens is 5. The highest BCUT2D eigenvalue weighted by molar-refractivity contribution is 6.05. The fraction of sp³-hybridized carbons (Fsp3) is 0.333. The second kappa shape index (κ2) is 7.10. The maximum Gasteiger partial charge on any atom is 0.291 e. The van der Waals surface area contributed by atoms with Gasteiger partial charge in [-0.15, -0.1) is 5.10 Å². The molecule has 0 unspecified atom stereocenters. The van der Waals surface area contributed by atoms with Gasteiger partial charge in [-0.05, 0) is 38.0 Å². The second-order valence-electron chi connectivity index (χ2n) is 6.48. The summed E-state index contributed by atoms with van der Waals surface area (Å²) in [5.41, 5.74) is 1.13. The first-order valence-corrected chi connectivity index (χ1v) is 8.81. The highest BCUT2D eigenvalue weighted by atomic mass is 16.2. The summed E-state index contributed by atoms with van der Waals surface area (Å²) >= 11 is 0. The molecule has 0 radical (unpaired) electrons. The lowest BCUT2D eigenvalue weighted by Crippen LogP contribution is -2.43. The Morgan fingerprint density at radius 2 is 2.15 bits per heavy atom. The number of aryl methyl sites for hydroxylation is 1. The third-order valence-corrected chi connectivity index (χ3v) is 4.68. The normalized spacial score (nSPS) is 16.6. The Morgan fingerprint density at radius 3 is 2.96 bits per heavy atom. The Morgan fingerprint density at radius 1 is 1.30 bits per heavy atom. The Kier molecular flexibility index (Phi) is 4.49. The molecule has 2 amide bonds. The van der Waals surface area contributed by atoms with Crippen LogP contribution in [0.15, 0.2) is 30.6 Å². The first kappa shape index (κ1) is 17.1. The summed E-state index contributed by atoms with van der Waals surface area (Å²) in [5, 5.41) is 10.1. The predicted octanol–water partition coefficient (Wildman–Crippen LogP) is 1.09. The highest BCUT2D eigenvalue weighted by Crippen LogP contribution is 2.23. The van der Waals surface area contributed by atoms with E-state index in [1.165, 1.54) is 0 Å². The number of fused-ring (bicyclic) bond motifs is 1. The van der Waals surface area contributed by atoms with Gasteiger partial charge in [0.1, 0.15) is 5.82 Å². The van der Waals surface area contributed by atoms with Crippen molar-refractivity contribution >= 4 is 22.8 Å². The van der Waals surface area contributed by atoms with Crippen molar-refractivity contribution in [3.05, 3.63) is 47.8 Å². The molecule has 1 fully saturated rings. The van der Waals surface area contributed by atoms with Gasteiger partial charge in [-0.25, -0.2) is 15.0 Å². The lowest BCUT2D eigenvalue weighted by molar-refractivity contribution is 0.0726. The molecular weight excluding hydrogens is 346 g/mol. The number of carbonyl (C=O) groups is 2. The van der Waals surface area contributed by atoms with E-state index in [0.717, 1.165) is 18.2 Å². The number of nitrogens with zero attached hydrogens (tertiary/aromatic N) is 5. The number of likely N-dealkylation sites (tertiary alicyclic amines) is 1. The zero-order valence-electron chi connectivity index (χ0n) is 14.8. The molecule has 4 rings (SSSR count). The summed E-state index contributed by atoms with van der Waals surface area (Å²) in [6.07, 6.45) is 4.98. The van der Waals surface area contributed by atoms with E-state index in [1.54, 1.807) is 31.5 Å². The van der Waals surface area contributed by atoms with Gasteiger partial charge in [0, 0.05) is 36.9 Å². The number of carbonyl (C=O) groups excluding carboxylic acids is 2. The van der Waals surface area contributed by atoms with Gasteiger partial charge in [-0.2, -0.15) is 0 Å². The van der Waals surface area contributed by atoms with Crippen LogP contribution in [-0.4, -0.2) is 61.0 Å². The van der Waals surface area contributed by atoms with Gasteiger partial charge < -0.3 is 10.2 Å². The second-order valence-corrected chi connectivity index (χ2v) is 6.48. The Hall–Kier alpha value is -3.36. The minimum absolute atomic E-state index is 0.0682. The SMILES string of the molecule is Cc1nc(C(=O)NC[C@@H]2CCCN2C(=O)c2ccnc3ncccc23)n[nH]1. The van der Waals surface area contributed by atoms with Crippen molar-refractivity contribution in [1.29, 1.82) is 0 Å². The first-order valence-electron chi connectivity index (χ1n) is 8.81. The van der Waals surface area contributed by atoms with Crippen LogP contribution in [0.5, 0.6) is 0 Å². The van der Waals surface area contributed by atoms with Gasteiger partial charge in [0.2, 0.25) is 5.82 Å². The number of hydrogen-bond donors (Lipinski definition) is 2. The zero-order valence-corrected chi connectivity index (χ0v) is 14.8. The molecule has 3 aromatic rings. The number of amides is 2. The van der Waals surface area contributed by atoms with Gasteiger partial charge in [0.15, 0.2) is 5.65 Å². The molecule has 0 spiro atoms. The summed E-state index contributed by atoms with van der Waals surface area (Å²) in [7, 11) is 0. The van der Waals surface area contributed by atoms with Gasteiger partial charge in [0.25, 0.3) is 11.8 Å². The smallest absolute Gasteiger partial charge is 0.291 e. The van der Waals surface area contributed by atoms with E-state index in [-0.39, 0.29) is 23.7 Å². The molecule has 0 bridgehead atoms. The highest BCUT2D eigenvalue weighted by Gasteiger charge is 2.30. The van der Waals surface area contributed by atoms with Crippen molar-refractivity contribution in [3.8, 4) is 0 Å². The van der Waals surface area contributed by atoms with E-state index >= 15 is 0 Å². The molecule has 9 heteroatoms. The molecule has 27 heavy (non-hydrogen) atoms. The molecule has 1 saturated heterocycles. The van der Waals surface area contributed by atoms with Crippen LogP contribution in [0.1, 0.15) is 39.6 Å². The predicted molar refractivity (Wildman–Crippen MR) is 97.0 cm³/mol. The molecule has 0 aromatic carbocycles. The molecule has 1 aliphatic heterocycles. The van der Waals surface area contributed by atoms with E-state index in [0.29, 0.717) is 30.1 Å². The van der Waals surface area contributed by atoms with Crippen LogP contribution in [0.4, 0.5) is 0 Å². The number of hydrogen-bond acceptors (Lipinski definition) is 6. The molecule has 138 valence electrons. The van der Waals surface area contributed by atoms with Crippen LogP contribution in [-0.2, 0) is 0 Å². The number of rotatable bonds is 4. The summed E-state index contributed by atoms with van der Waals surface area (Å²) < 4.78 is 0. The Bertz CT molecular complexity index is 995. The molecule has 9 nitrogen and oxygen atoms in total. The third-order valence-electron chi connectivity index (χ3n) is 4.68. The molecule has 0 saturated carbocycles. The maximum absolute atomic E-state index is 13.1. The minimum atomic E-state index is -0.350. The van der Waals surface area contributed by atoms with Gasteiger partial charge in [-0.3, -0.25) is 14.7 Å². The molecule has 3 aromatic heterocycles. The molecule has 0 aliphatic carbocycles. The molecular formula is C18H19N7O2. The van der Waals surface area contributed by atoms with Crippen LogP contribution in [0, 0.1) is 6.92 Å². The number of H-pyrrole nitrogens is 1. The number of nitrogens with one attached hydrogen (secondary N) is 2. The van der Waals surface area contributed by atoms with Gasteiger partial charge in [-0.1, -0.05) is 0 Å². The van der Waals surface area contributed by atoms with Crippen molar-refractivity contribution in [2.45, 2.75) is 25.8 Å². The van der Waals surface area contributed by atoms with Crippen molar-refractivity contribution in [2.24, 2.45) is 0 Å². The Labute approximate surface area is 155 Å². The standard InChI is InChI=1S/C18H19N7O2/c1-11-22-16(24-23-11)17(26)21-10-12-4-3-9-25(12)18(27)14-6-8-20-15-13(14)5-2-7-19-15/h2,5-8,12H,3-4,9-10H2,1H3,(H,21,26)(H,22,23,24)/t12-/m0/s1. The van der Waals surface area contributed by atoms with E-state index in [1.807, 2.05) is 11.0 Å². The summed E-state index contributed by atoms with van der Waals surface area (Å²) in [6.45, 7) is 2.75. The van der Waals surface area contributed by atoms with Crippen molar-refractivity contribution < 1.29 is 9.59 Å². The average Bonchev–Trinajstić information content (AvgIpc) is 3.34. The minimum Gasteiger partial charge on any atom is -0.347 e. The van der Waals surface area contributed by atoms with Crippen molar-refractivity contribution in [3.63, 3.8) is 0 Å². The Balaban J connectivity index is 1.49. The maximum atomic E-state index is 13.1. The monoisotopic (exact) mass is 365 g/mol. The first-order chi connectivity index (χ1) is 13.1. The molecule has 1 atom stereocenters. The summed E-state index contributed by atoms with van der Waals surface area (Å²) in [4.78, 5) is 39.5. The van der Waals surface area contributed by atoms with Crippen LogP contribution < -0.4 is 5.32 Å². The zero-order chi connectivity index (χ0) is 18.8. The van der Waals surface area contributed by atoms with Gasteiger partial charge >= 0.3 is 0 Å². The topological polar surface area (TPSA) is 117 Å². The van der Waals surface area contributed by atoms with E-state index in [9.17, 15) is 9.59 Å². The summed E-state index contributed by atoms with van der Waals surface area (Å²) in [6, 6.07) is 5.29. The van der Waals surface area contributed by atoms with Crippen LogP contribution >= 0.6 is 0 Å². The molecule has 2 N–H and O–H groups in total. The van der Waals surface area contributed by atoms with Crippen molar-refractivity contribution in [2.75, 3.05) is 13.1 Å². The fourth-order valence-electron chi connectivity index (χ4n) is 3.37. The van der Waals surface area contributed by atoms with Crippen LogP contribution in [0.3, 0.4) is 0 Å². The van der Waals surface area contributed by atoms with Crippen molar-refractivity contribution in [1.82, 2.24) is 35.4 Å². The van der Waals surface area contributed by atoms with E-state index in [4.69, 9.17) is 0 Å². The number of aromatic amines is 1. The molecule has 1 aliphatic rings. The molecule has 4 heterocycles. The van der Waals surface area contributed by atoms with Crippen LogP contribution in [0.25, 0.3) is 11.0 Å². The average molecular weight is 365 g/mol. The lowest BCUT2D eigenvalue weighted by atomic mass is 10.1. The largest absolute Gasteiger partial charge is 0.347 e. The van der Waals surface area contributed by atoms with E-state index in [2.05, 4.69) is 30.5 Å². The third kappa shape index (κ3) is 3.35. The fourth-order valence-corrected chi connectivity index (χ4v) is 3.37. The van der Waals surface area contributed by atoms with Crippen LogP contribution in [0.2, 0.25) is 0 Å². The quantitative estimate of drug-likeness (QED) is 0.715. The lowest BCUT2D eigenvalue weighted by Gasteiger charge is -2.25. The number of pyridine rings is 2. The van der Waals surface area contributed by atoms with E-state index < -0.39 is 0 Å². The summed E-state index contributed by atoms with van der Waals surface area (Å²) in [5.74, 6) is 0.267. The van der Waals surface area contributed by atoms with Gasteiger partial charge in [0.05, 0.1) is 5.56 Å².